The number of hydrogen-bond acceptors (Lipinski definition) is 5. The van der Waals surface area contributed by atoms with Crippen LogP contribution in [-0.2, 0) is 27.7 Å². The summed E-state index contributed by atoms with van der Waals surface area (Å²) < 4.78 is 37.2. The van der Waals surface area contributed by atoms with Crippen molar-refractivity contribution in [1.82, 2.24) is 4.31 Å². The van der Waals surface area contributed by atoms with Gasteiger partial charge >= 0.3 is 0 Å². The monoisotopic (exact) mass is 446 g/mol. The minimum atomic E-state index is -3.49. The molecule has 0 radical (unpaired) electrons. The van der Waals surface area contributed by atoms with Crippen LogP contribution in [0.1, 0.15) is 31.4 Å². The maximum Gasteiger partial charge on any atom is 0.242 e. The normalized spacial score (nSPS) is 13.4. The second-order valence-corrected chi connectivity index (χ2v) is 9.67. The Morgan fingerprint density at radius 1 is 1.03 bits per heavy atom. The molecule has 0 unspecified atom stereocenters. The van der Waals surface area contributed by atoms with Crippen LogP contribution in [0.4, 0.5) is 5.69 Å². The van der Waals surface area contributed by atoms with Crippen molar-refractivity contribution in [3.8, 4) is 11.5 Å². The lowest BCUT2D eigenvalue weighted by Gasteiger charge is -2.18. The summed E-state index contributed by atoms with van der Waals surface area (Å²) in [5.74, 6) is 1.42. The number of sulfonamides is 1. The number of benzene rings is 2. The summed E-state index contributed by atoms with van der Waals surface area (Å²) >= 11 is 0. The molecule has 0 aliphatic carbocycles. The van der Waals surface area contributed by atoms with E-state index in [9.17, 15) is 13.2 Å². The van der Waals surface area contributed by atoms with Crippen LogP contribution in [0.15, 0.2) is 41.3 Å². The number of aryl methyl sites for hydroxylation is 1. The first kappa shape index (κ1) is 23.1. The Hall–Kier alpha value is -2.58. The predicted octanol–water partition coefficient (Wildman–Crippen LogP) is 3.26. The van der Waals surface area contributed by atoms with Gasteiger partial charge in [-0.2, -0.15) is 0 Å². The molecule has 0 bridgehead atoms. The molecule has 0 N–H and O–H groups in total. The second kappa shape index (κ2) is 9.70. The predicted molar refractivity (Wildman–Crippen MR) is 120 cm³/mol. The summed E-state index contributed by atoms with van der Waals surface area (Å²) in [6.07, 6.45) is 1.59. The molecular formula is C23H30N2O5S. The highest BCUT2D eigenvalue weighted by Gasteiger charge is 2.27. The number of ether oxygens (including phenoxy) is 2. The lowest BCUT2D eigenvalue weighted by Crippen LogP contribution is -2.29. The number of anilines is 1. The molecule has 8 heteroatoms. The molecule has 0 fully saturated rings. The summed E-state index contributed by atoms with van der Waals surface area (Å²) in [5.41, 5.74) is 2.69. The molecule has 0 aromatic heterocycles. The van der Waals surface area contributed by atoms with Gasteiger partial charge in [-0.15, -0.1) is 0 Å². The average molecular weight is 447 g/mol. The number of carbonyl (C=O) groups excluding carboxylic acids is 1. The van der Waals surface area contributed by atoms with Crippen LogP contribution in [0.5, 0.6) is 11.5 Å². The van der Waals surface area contributed by atoms with E-state index < -0.39 is 10.0 Å². The van der Waals surface area contributed by atoms with E-state index in [-0.39, 0.29) is 10.8 Å². The van der Waals surface area contributed by atoms with Crippen LogP contribution in [0.2, 0.25) is 0 Å². The summed E-state index contributed by atoms with van der Waals surface area (Å²) in [7, 11) is -0.471. The van der Waals surface area contributed by atoms with Crippen molar-refractivity contribution >= 4 is 21.6 Å². The quantitative estimate of drug-likeness (QED) is 0.591. The zero-order valence-corrected chi connectivity index (χ0v) is 19.4. The second-order valence-electron chi connectivity index (χ2n) is 7.52. The molecule has 0 saturated carbocycles. The maximum absolute atomic E-state index is 12.9. The number of rotatable bonds is 9. The van der Waals surface area contributed by atoms with Crippen molar-refractivity contribution in [3.63, 3.8) is 0 Å². The Morgan fingerprint density at radius 2 is 1.74 bits per heavy atom. The lowest BCUT2D eigenvalue weighted by molar-refractivity contribution is -0.118. The fraction of sp³-hybridized carbons (Fsp3) is 0.435. The first-order chi connectivity index (χ1) is 14.8. The molecular weight excluding hydrogens is 416 g/mol. The molecule has 7 nitrogen and oxygen atoms in total. The van der Waals surface area contributed by atoms with Gasteiger partial charge in [-0.25, -0.2) is 12.7 Å². The van der Waals surface area contributed by atoms with Gasteiger partial charge < -0.3 is 14.4 Å². The van der Waals surface area contributed by atoms with Crippen molar-refractivity contribution in [3.05, 3.63) is 47.5 Å². The van der Waals surface area contributed by atoms with Gasteiger partial charge in [0.15, 0.2) is 11.5 Å². The molecule has 1 aliphatic rings. The minimum absolute atomic E-state index is 0.0220. The molecule has 2 aromatic carbocycles. The Balaban J connectivity index is 1.70. The fourth-order valence-corrected chi connectivity index (χ4v) is 4.60. The maximum atomic E-state index is 12.9. The van der Waals surface area contributed by atoms with Gasteiger partial charge in [-0.1, -0.05) is 6.07 Å². The van der Waals surface area contributed by atoms with Gasteiger partial charge in [-0.05, 0) is 68.1 Å². The smallest absolute Gasteiger partial charge is 0.242 e. The highest BCUT2D eigenvalue weighted by Crippen LogP contribution is 2.32. The SMILES string of the molecule is CCOc1ccc(CCC(=O)N2CCc3cc(S(=O)(=O)N(C)C)ccc32)cc1OCC. The van der Waals surface area contributed by atoms with Crippen molar-refractivity contribution in [1.29, 1.82) is 0 Å². The topological polar surface area (TPSA) is 76.2 Å². The van der Waals surface area contributed by atoms with E-state index in [1.807, 2.05) is 32.0 Å². The highest BCUT2D eigenvalue weighted by atomic mass is 32.2. The average Bonchev–Trinajstić information content (AvgIpc) is 3.17. The largest absolute Gasteiger partial charge is 0.490 e. The van der Waals surface area contributed by atoms with Gasteiger partial charge in [0.05, 0.1) is 18.1 Å². The highest BCUT2D eigenvalue weighted by molar-refractivity contribution is 7.89. The van der Waals surface area contributed by atoms with Crippen LogP contribution < -0.4 is 14.4 Å². The number of nitrogens with zero attached hydrogens (tertiary/aromatic N) is 2. The lowest BCUT2D eigenvalue weighted by atomic mass is 10.1. The van der Waals surface area contributed by atoms with E-state index in [1.165, 1.54) is 18.4 Å². The summed E-state index contributed by atoms with van der Waals surface area (Å²) in [5, 5.41) is 0. The molecule has 2 aromatic rings. The molecule has 1 amide bonds. The van der Waals surface area contributed by atoms with Crippen molar-refractivity contribution in [2.75, 3.05) is 38.8 Å². The van der Waals surface area contributed by atoms with Crippen LogP contribution in [-0.4, -0.2) is 52.5 Å². The summed E-state index contributed by atoms with van der Waals surface area (Å²) in [6, 6.07) is 10.8. The molecule has 1 aliphatic heterocycles. The van der Waals surface area contributed by atoms with Crippen molar-refractivity contribution < 1.29 is 22.7 Å². The molecule has 0 spiro atoms. The zero-order valence-electron chi connectivity index (χ0n) is 18.6. The number of amides is 1. The van der Waals surface area contributed by atoms with E-state index in [2.05, 4.69) is 0 Å². The minimum Gasteiger partial charge on any atom is -0.490 e. The van der Waals surface area contributed by atoms with Crippen molar-refractivity contribution in [2.45, 2.75) is 38.0 Å². The third-order valence-electron chi connectivity index (χ3n) is 5.26. The Labute approximate surface area is 184 Å². The van der Waals surface area contributed by atoms with Crippen LogP contribution >= 0.6 is 0 Å². The third-order valence-corrected chi connectivity index (χ3v) is 7.07. The van der Waals surface area contributed by atoms with Crippen LogP contribution in [0, 0.1) is 0 Å². The van der Waals surface area contributed by atoms with Crippen LogP contribution in [0.3, 0.4) is 0 Å². The van der Waals surface area contributed by atoms with E-state index >= 15 is 0 Å². The van der Waals surface area contributed by atoms with Gasteiger partial charge in [-0.3, -0.25) is 4.79 Å². The number of fused-ring (bicyclic) bond motifs is 1. The first-order valence-electron chi connectivity index (χ1n) is 10.5. The standard InChI is InChI=1S/C23H30N2O5S/c1-5-29-21-11-7-17(15-22(21)30-6-2)8-12-23(26)25-14-13-18-16-19(9-10-20(18)25)31(27,28)24(3)4/h7,9-11,15-16H,5-6,8,12-14H2,1-4H3. The summed E-state index contributed by atoms with van der Waals surface area (Å²) in [4.78, 5) is 14.9. The van der Waals surface area contributed by atoms with E-state index in [0.29, 0.717) is 50.5 Å². The van der Waals surface area contributed by atoms with Crippen LogP contribution in [0.25, 0.3) is 0 Å². The van der Waals surface area contributed by atoms with Gasteiger partial charge in [0.25, 0.3) is 0 Å². The van der Waals surface area contributed by atoms with Gasteiger partial charge in [0.2, 0.25) is 15.9 Å². The Kier molecular flexibility index (Phi) is 7.23. The molecule has 31 heavy (non-hydrogen) atoms. The Morgan fingerprint density at radius 3 is 2.42 bits per heavy atom. The van der Waals surface area contributed by atoms with E-state index in [4.69, 9.17) is 9.47 Å². The summed E-state index contributed by atoms with van der Waals surface area (Å²) in [6.45, 7) is 5.51. The van der Waals surface area contributed by atoms with Crippen molar-refractivity contribution in [2.24, 2.45) is 0 Å². The third kappa shape index (κ3) is 5.02. The fourth-order valence-electron chi connectivity index (χ4n) is 3.65. The van der Waals surface area contributed by atoms with Gasteiger partial charge in [0.1, 0.15) is 0 Å². The van der Waals surface area contributed by atoms with E-state index in [1.54, 1.807) is 23.1 Å². The molecule has 0 saturated heterocycles. The Bertz CT molecular complexity index is 1050. The first-order valence-corrected chi connectivity index (χ1v) is 12.0. The van der Waals surface area contributed by atoms with E-state index in [0.717, 1.165) is 16.8 Å². The molecule has 168 valence electrons. The van der Waals surface area contributed by atoms with Gasteiger partial charge in [0, 0.05) is 32.7 Å². The zero-order chi connectivity index (χ0) is 22.6. The molecule has 1 heterocycles. The molecule has 3 rings (SSSR count). The number of hydrogen-bond donors (Lipinski definition) is 0. The molecule has 0 atom stereocenters. The number of carbonyl (C=O) groups is 1.